The van der Waals surface area contributed by atoms with Crippen LogP contribution in [-0.2, 0) is 33.1 Å². The number of aromatic nitrogens is 3. The van der Waals surface area contributed by atoms with Crippen molar-refractivity contribution in [2.75, 3.05) is 13.1 Å². The zero-order chi connectivity index (χ0) is 23.9. The summed E-state index contributed by atoms with van der Waals surface area (Å²) in [4.78, 5) is 15.8. The van der Waals surface area contributed by atoms with E-state index in [1.165, 1.54) is 16.5 Å². The average Bonchev–Trinajstić information content (AvgIpc) is 3.37. The molecule has 3 heterocycles. The number of nitrogens with zero attached hydrogens (tertiary/aromatic N) is 4. The smallest absolute Gasteiger partial charge is 0.329 e. The number of aliphatic hydroxyl groups excluding tert-OH is 1. The third-order valence-electron chi connectivity index (χ3n) is 7.29. The summed E-state index contributed by atoms with van der Waals surface area (Å²) in [6.45, 7) is 3.08. The van der Waals surface area contributed by atoms with E-state index < -0.39 is 6.10 Å². The highest BCUT2D eigenvalue weighted by Crippen LogP contribution is 2.21. The van der Waals surface area contributed by atoms with Crippen molar-refractivity contribution in [2.24, 2.45) is 7.05 Å². The Morgan fingerprint density at radius 2 is 1.60 bits per heavy atom. The minimum Gasteiger partial charge on any atom is -0.390 e. The Balaban J connectivity index is 1.26. The molecule has 3 aromatic carbocycles. The molecule has 5 aromatic rings. The van der Waals surface area contributed by atoms with Crippen LogP contribution in [0.3, 0.4) is 0 Å². The quantitative estimate of drug-likeness (QED) is 0.415. The maximum Gasteiger partial charge on any atom is 0.329 e. The minimum atomic E-state index is -0.628. The van der Waals surface area contributed by atoms with Crippen LogP contribution in [0.1, 0.15) is 16.7 Å². The van der Waals surface area contributed by atoms with Crippen molar-refractivity contribution in [3.63, 3.8) is 0 Å². The van der Waals surface area contributed by atoms with Gasteiger partial charge >= 0.3 is 5.69 Å². The number of aryl methyl sites for hydroxylation is 1. The first kappa shape index (κ1) is 21.9. The van der Waals surface area contributed by atoms with E-state index >= 15 is 0 Å². The Bertz CT molecular complexity index is 1570. The molecule has 35 heavy (non-hydrogen) atoms. The zero-order valence-corrected chi connectivity index (χ0v) is 20.0. The maximum atomic E-state index is 13.6. The summed E-state index contributed by atoms with van der Waals surface area (Å²) in [6.07, 6.45) is 2.42. The molecule has 1 unspecified atom stereocenters. The van der Waals surface area contributed by atoms with Gasteiger partial charge in [-0.05, 0) is 52.8 Å². The SMILES string of the molecule is Cn1ccc2ccc(Cn3c(=O)n(CC(O)CN4CCc5ccccc5C4)c4ccccc43)cc21. The van der Waals surface area contributed by atoms with Crippen LogP contribution < -0.4 is 5.69 Å². The molecule has 0 spiro atoms. The highest BCUT2D eigenvalue weighted by Gasteiger charge is 2.21. The van der Waals surface area contributed by atoms with Crippen LogP contribution in [0.5, 0.6) is 0 Å². The van der Waals surface area contributed by atoms with E-state index in [1.807, 2.05) is 35.9 Å². The molecule has 0 saturated heterocycles. The van der Waals surface area contributed by atoms with Gasteiger partial charge in [0.15, 0.2) is 0 Å². The molecule has 0 bridgehead atoms. The van der Waals surface area contributed by atoms with Crippen molar-refractivity contribution in [1.29, 1.82) is 0 Å². The lowest BCUT2D eigenvalue weighted by atomic mass is 10.00. The van der Waals surface area contributed by atoms with Gasteiger partial charge in [-0.1, -0.05) is 48.5 Å². The largest absolute Gasteiger partial charge is 0.390 e. The van der Waals surface area contributed by atoms with E-state index in [0.717, 1.165) is 41.6 Å². The molecule has 6 heteroatoms. The molecule has 0 aliphatic carbocycles. The molecular weight excluding hydrogens is 436 g/mol. The normalized spacial score (nSPS) is 15.0. The van der Waals surface area contributed by atoms with Gasteiger partial charge in [-0.15, -0.1) is 0 Å². The predicted molar refractivity (Wildman–Crippen MR) is 140 cm³/mol. The molecule has 1 atom stereocenters. The number of para-hydroxylation sites is 2. The lowest BCUT2D eigenvalue weighted by Gasteiger charge is -2.30. The van der Waals surface area contributed by atoms with Gasteiger partial charge < -0.3 is 9.67 Å². The van der Waals surface area contributed by atoms with E-state index in [1.54, 1.807) is 4.57 Å². The molecule has 2 aromatic heterocycles. The Morgan fingerprint density at radius 1 is 0.857 bits per heavy atom. The van der Waals surface area contributed by atoms with Gasteiger partial charge in [0.2, 0.25) is 0 Å². The van der Waals surface area contributed by atoms with Crippen LogP contribution in [0.2, 0.25) is 0 Å². The van der Waals surface area contributed by atoms with Crippen LogP contribution in [0.4, 0.5) is 0 Å². The van der Waals surface area contributed by atoms with Gasteiger partial charge in [0, 0.05) is 38.4 Å². The predicted octanol–water partition coefficient (Wildman–Crippen LogP) is 3.76. The van der Waals surface area contributed by atoms with Crippen molar-refractivity contribution in [3.05, 3.63) is 106 Å². The highest BCUT2D eigenvalue weighted by atomic mass is 16.3. The summed E-state index contributed by atoms with van der Waals surface area (Å²) in [5.74, 6) is 0. The first-order valence-corrected chi connectivity index (χ1v) is 12.3. The highest BCUT2D eigenvalue weighted by molar-refractivity contribution is 5.81. The van der Waals surface area contributed by atoms with E-state index in [0.29, 0.717) is 13.1 Å². The third kappa shape index (κ3) is 4.09. The third-order valence-corrected chi connectivity index (χ3v) is 7.29. The first-order valence-electron chi connectivity index (χ1n) is 12.3. The zero-order valence-electron chi connectivity index (χ0n) is 20.0. The summed E-state index contributed by atoms with van der Waals surface area (Å²) in [5.41, 5.74) is 6.63. The first-order chi connectivity index (χ1) is 17.1. The Labute approximate surface area is 204 Å². The van der Waals surface area contributed by atoms with Gasteiger partial charge in [-0.25, -0.2) is 4.79 Å². The summed E-state index contributed by atoms with van der Waals surface area (Å²) in [6, 6.07) is 24.8. The van der Waals surface area contributed by atoms with E-state index in [9.17, 15) is 9.90 Å². The number of benzene rings is 3. The van der Waals surface area contributed by atoms with Crippen molar-refractivity contribution in [1.82, 2.24) is 18.6 Å². The Kier molecular flexibility index (Phi) is 5.55. The van der Waals surface area contributed by atoms with Gasteiger partial charge in [0.05, 0.1) is 30.2 Å². The van der Waals surface area contributed by atoms with Gasteiger partial charge in [0.25, 0.3) is 0 Å². The van der Waals surface area contributed by atoms with Crippen molar-refractivity contribution in [3.8, 4) is 0 Å². The standard InChI is InChI=1S/C29H30N4O2/c1-30-14-12-23-11-10-21(16-28(23)30)17-32-26-8-4-5-9-27(26)33(29(32)35)20-25(34)19-31-15-13-22-6-2-3-7-24(22)18-31/h2-12,14,16,25,34H,13,15,17-20H2,1H3. The van der Waals surface area contributed by atoms with Crippen molar-refractivity contribution >= 4 is 21.9 Å². The van der Waals surface area contributed by atoms with Gasteiger partial charge in [0.1, 0.15) is 0 Å². The van der Waals surface area contributed by atoms with Crippen LogP contribution in [0.15, 0.2) is 83.8 Å². The molecule has 0 amide bonds. The number of imidazole rings is 1. The molecule has 1 N–H and O–H groups in total. The monoisotopic (exact) mass is 466 g/mol. The molecule has 0 saturated carbocycles. The van der Waals surface area contributed by atoms with E-state index in [4.69, 9.17) is 0 Å². The fraction of sp³-hybridized carbons (Fsp3) is 0.276. The summed E-state index contributed by atoms with van der Waals surface area (Å²) < 4.78 is 5.66. The fourth-order valence-corrected chi connectivity index (χ4v) is 5.47. The molecule has 1 aliphatic heterocycles. The van der Waals surface area contributed by atoms with Crippen LogP contribution in [-0.4, -0.2) is 42.9 Å². The second-order valence-corrected chi connectivity index (χ2v) is 9.70. The molecule has 0 fully saturated rings. The number of fused-ring (bicyclic) bond motifs is 3. The summed E-state index contributed by atoms with van der Waals surface area (Å²) in [5, 5.41) is 12.2. The molecule has 1 aliphatic rings. The van der Waals surface area contributed by atoms with E-state index in [2.05, 4.69) is 64.2 Å². The fourth-order valence-electron chi connectivity index (χ4n) is 5.47. The van der Waals surface area contributed by atoms with Crippen molar-refractivity contribution in [2.45, 2.75) is 32.2 Å². The molecule has 6 rings (SSSR count). The number of hydrogen-bond acceptors (Lipinski definition) is 3. The number of aliphatic hydroxyl groups is 1. The second-order valence-electron chi connectivity index (χ2n) is 9.70. The minimum absolute atomic E-state index is 0.0822. The number of rotatable bonds is 6. The topological polar surface area (TPSA) is 55.3 Å². The Hall–Kier alpha value is -3.61. The van der Waals surface area contributed by atoms with Gasteiger partial charge in [-0.2, -0.15) is 0 Å². The molecular formula is C29H30N4O2. The molecule has 0 radical (unpaired) electrons. The number of hydrogen-bond donors (Lipinski definition) is 1. The van der Waals surface area contributed by atoms with E-state index in [-0.39, 0.29) is 12.2 Å². The Morgan fingerprint density at radius 3 is 2.43 bits per heavy atom. The van der Waals surface area contributed by atoms with Gasteiger partial charge in [-0.3, -0.25) is 14.0 Å². The lowest BCUT2D eigenvalue weighted by Crippen LogP contribution is -2.39. The summed E-state index contributed by atoms with van der Waals surface area (Å²) >= 11 is 0. The van der Waals surface area contributed by atoms with Crippen LogP contribution >= 0.6 is 0 Å². The van der Waals surface area contributed by atoms with Crippen molar-refractivity contribution < 1.29 is 5.11 Å². The molecule has 178 valence electrons. The van der Waals surface area contributed by atoms with Crippen LogP contribution in [0, 0.1) is 0 Å². The van der Waals surface area contributed by atoms with Crippen LogP contribution in [0.25, 0.3) is 21.9 Å². The lowest BCUT2D eigenvalue weighted by molar-refractivity contribution is 0.0918. The number of β-amino-alcohol motifs (C(OH)–C–C–N with tert-alkyl or cyclic N) is 1. The second kappa shape index (κ2) is 8.87. The summed E-state index contributed by atoms with van der Waals surface area (Å²) in [7, 11) is 2.03. The maximum absolute atomic E-state index is 13.6. The average molecular weight is 467 g/mol. The molecule has 6 nitrogen and oxygen atoms in total.